The molecule has 0 saturated heterocycles. The summed E-state index contributed by atoms with van der Waals surface area (Å²) in [7, 11) is 0. The van der Waals surface area contributed by atoms with Gasteiger partial charge in [0.15, 0.2) is 0 Å². The first-order valence-corrected chi connectivity index (χ1v) is 10.4. The fraction of sp³-hybridized carbons (Fsp3) is 0.455. The lowest BCUT2D eigenvalue weighted by molar-refractivity contribution is -0.384. The van der Waals surface area contributed by atoms with Crippen molar-refractivity contribution in [3.8, 4) is 5.75 Å². The Bertz CT molecular complexity index is 966. The number of nitro benzene ring substituents is 1. The molecule has 0 atom stereocenters. The number of ether oxygens (including phenoxy) is 3. The van der Waals surface area contributed by atoms with Crippen molar-refractivity contribution in [3.63, 3.8) is 0 Å². The van der Waals surface area contributed by atoms with Crippen molar-refractivity contribution in [1.29, 1.82) is 0 Å². The van der Waals surface area contributed by atoms with Crippen LogP contribution >= 0.6 is 0 Å². The molecule has 0 bridgehead atoms. The van der Waals surface area contributed by atoms with Crippen LogP contribution in [0.25, 0.3) is 0 Å². The highest BCUT2D eigenvalue weighted by Crippen LogP contribution is 2.21. The van der Waals surface area contributed by atoms with Crippen LogP contribution in [-0.2, 0) is 23.9 Å². The van der Waals surface area contributed by atoms with E-state index in [-0.39, 0.29) is 31.1 Å². The summed E-state index contributed by atoms with van der Waals surface area (Å²) in [6.45, 7) is 6.77. The van der Waals surface area contributed by atoms with E-state index in [1.165, 1.54) is 24.3 Å². The minimum absolute atomic E-state index is 0.104. The van der Waals surface area contributed by atoms with Crippen molar-refractivity contribution in [2.24, 2.45) is 0 Å². The third-order valence-electron chi connectivity index (χ3n) is 4.72. The number of hydrogen-bond acceptors (Lipinski definition) is 9. The number of imide groups is 1. The molecule has 0 radical (unpaired) electrons. The number of carbonyl (C=O) groups is 4. The first kappa shape index (κ1) is 26.5. The van der Waals surface area contributed by atoms with E-state index >= 15 is 0 Å². The number of benzene rings is 1. The molecule has 1 aromatic carbocycles. The van der Waals surface area contributed by atoms with E-state index in [0.717, 1.165) is 17.1 Å². The maximum atomic E-state index is 12.0. The largest absolute Gasteiger partial charge is 0.514 e. The number of rotatable bonds is 11. The second-order valence-electron chi connectivity index (χ2n) is 8.70. The van der Waals surface area contributed by atoms with Gasteiger partial charge in [0.2, 0.25) is 5.91 Å². The van der Waals surface area contributed by atoms with Gasteiger partial charge in [0.1, 0.15) is 17.9 Å². The van der Waals surface area contributed by atoms with Gasteiger partial charge in [0.05, 0.1) is 17.1 Å². The monoisotopic (exact) mass is 477 g/mol. The van der Waals surface area contributed by atoms with Crippen molar-refractivity contribution in [2.75, 3.05) is 19.7 Å². The van der Waals surface area contributed by atoms with Crippen LogP contribution in [-0.4, -0.2) is 64.6 Å². The van der Waals surface area contributed by atoms with Gasteiger partial charge in [-0.05, 0) is 39.8 Å². The minimum Gasteiger partial charge on any atom is -0.428 e. The molecule has 0 aromatic heterocycles. The molecular weight excluding hydrogens is 450 g/mol. The summed E-state index contributed by atoms with van der Waals surface area (Å²) in [5.41, 5.74) is -1.85. The van der Waals surface area contributed by atoms with Crippen LogP contribution in [0.15, 0.2) is 36.4 Å². The molecule has 3 amide bonds. The van der Waals surface area contributed by atoms with Crippen molar-refractivity contribution in [3.05, 3.63) is 46.5 Å². The maximum Gasteiger partial charge on any atom is 0.514 e. The van der Waals surface area contributed by atoms with E-state index in [1.807, 2.05) is 0 Å². The van der Waals surface area contributed by atoms with E-state index in [4.69, 9.17) is 14.2 Å². The molecule has 2 rings (SSSR count). The van der Waals surface area contributed by atoms with Gasteiger partial charge in [-0.3, -0.25) is 29.4 Å². The molecule has 12 heteroatoms. The van der Waals surface area contributed by atoms with Crippen LogP contribution in [0.4, 0.5) is 10.5 Å². The van der Waals surface area contributed by atoms with Crippen molar-refractivity contribution in [2.45, 2.75) is 45.3 Å². The zero-order chi connectivity index (χ0) is 25.5. The van der Waals surface area contributed by atoms with Crippen LogP contribution in [0.1, 0.15) is 34.1 Å². The van der Waals surface area contributed by atoms with Gasteiger partial charge in [-0.25, -0.2) is 4.79 Å². The Hall–Kier alpha value is -3.80. The summed E-state index contributed by atoms with van der Waals surface area (Å²) in [5, 5.41) is 13.3. The lowest BCUT2D eigenvalue weighted by Gasteiger charge is -2.29. The highest BCUT2D eigenvalue weighted by atomic mass is 16.7. The molecule has 34 heavy (non-hydrogen) atoms. The Morgan fingerprint density at radius 3 is 2.18 bits per heavy atom. The highest BCUT2D eigenvalue weighted by molar-refractivity contribution is 6.14. The average Bonchev–Trinajstić information content (AvgIpc) is 3.04. The first-order chi connectivity index (χ1) is 15.8. The Labute approximate surface area is 196 Å². The normalized spacial score (nSPS) is 13.7. The number of nitrogens with one attached hydrogen (secondary N) is 1. The lowest BCUT2D eigenvalue weighted by atomic mass is 10.1. The molecule has 0 aliphatic carbocycles. The Kier molecular flexibility index (Phi) is 8.46. The van der Waals surface area contributed by atoms with Crippen molar-refractivity contribution >= 4 is 29.6 Å². The number of carbonyl (C=O) groups excluding carboxylic acids is 4. The van der Waals surface area contributed by atoms with Crippen LogP contribution in [0, 0.1) is 10.1 Å². The third kappa shape index (κ3) is 8.28. The first-order valence-electron chi connectivity index (χ1n) is 10.4. The van der Waals surface area contributed by atoms with Crippen LogP contribution < -0.4 is 10.1 Å². The summed E-state index contributed by atoms with van der Waals surface area (Å²) < 4.78 is 16.1. The molecule has 0 spiro atoms. The molecule has 0 saturated carbocycles. The van der Waals surface area contributed by atoms with Crippen LogP contribution in [0.3, 0.4) is 0 Å². The number of hydrogen-bond donors (Lipinski definition) is 1. The zero-order valence-corrected chi connectivity index (χ0v) is 19.4. The molecule has 0 unspecified atom stereocenters. The molecule has 1 N–H and O–H groups in total. The Morgan fingerprint density at radius 2 is 1.62 bits per heavy atom. The number of non-ortho nitro benzene ring substituents is 1. The number of amides is 3. The smallest absolute Gasteiger partial charge is 0.428 e. The molecule has 1 heterocycles. The van der Waals surface area contributed by atoms with E-state index in [2.05, 4.69) is 5.32 Å². The van der Waals surface area contributed by atoms with Crippen molar-refractivity contribution < 1.29 is 38.3 Å². The molecule has 184 valence electrons. The highest BCUT2D eigenvalue weighted by Gasteiger charge is 2.28. The fourth-order valence-corrected chi connectivity index (χ4v) is 2.75. The van der Waals surface area contributed by atoms with Gasteiger partial charge in [0.25, 0.3) is 17.5 Å². The van der Waals surface area contributed by atoms with Crippen LogP contribution in [0.2, 0.25) is 0 Å². The van der Waals surface area contributed by atoms with E-state index in [1.54, 1.807) is 27.7 Å². The number of nitrogens with zero attached hydrogens (tertiary/aromatic N) is 2. The lowest BCUT2D eigenvalue weighted by Crippen LogP contribution is -2.46. The van der Waals surface area contributed by atoms with Gasteiger partial charge < -0.3 is 19.5 Å². The standard InChI is InChI=1S/C22H27N3O9/c1-21(2,34-20(29)33-16-7-5-15(6-8-16)25(30)31)11-12-32-22(3,4)14-23-17(26)13-24-18(27)9-10-19(24)28/h5-10H,11-14H2,1-4H3,(H,23,26). The molecular formula is C22H27N3O9. The summed E-state index contributed by atoms with van der Waals surface area (Å²) in [6.07, 6.45) is 1.55. The zero-order valence-electron chi connectivity index (χ0n) is 19.4. The van der Waals surface area contributed by atoms with Gasteiger partial charge in [-0.1, -0.05) is 0 Å². The second kappa shape index (κ2) is 10.9. The number of nitro groups is 1. The van der Waals surface area contributed by atoms with Crippen molar-refractivity contribution in [1.82, 2.24) is 10.2 Å². The van der Waals surface area contributed by atoms with E-state index < -0.39 is 40.0 Å². The fourth-order valence-electron chi connectivity index (χ4n) is 2.75. The van der Waals surface area contributed by atoms with Gasteiger partial charge >= 0.3 is 6.16 Å². The topological polar surface area (TPSA) is 154 Å². The Morgan fingerprint density at radius 1 is 1.03 bits per heavy atom. The molecule has 1 aromatic rings. The van der Waals surface area contributed by atoms with Gasteiger partial charge in [0, 0.05) is 37.3 Å². The third-order valence-corrected chi connectivity index (χ3v) is 4.72. The molecule has 0 fully saturated rings. The summed E-state index contributed by atoms with van der Waals surface area (Å²) in [5.74, 6) is -1.47. The summed E-state index contributed by atoms with van der Waals surface area (Å²) >= 11 is 0. The SMILES string of the molecule is CC(C)(CNC(=O)CN1C(=O)C=CC1=O)OCCC(C)(C)OC(=O)Oc1ccc([N+](=O)[O-])cc1. The molecule has 12 nitrogen and oxygen atoms in total. The molecule has 1 aliphatic rings. The van der Waals surface area contributed by atoms with Crippen LogP contribution in [0.5, 0.6) is 5.75 Å². The Balaban J connectivity index is 1.72. The quantitative estimate of drug-likeness (QED) is 0.166. The summed E-state index contributed by atoms with van der Waals surface area (Å²) in [6, 6.07) is 5.00. The predicted octanol–water partition coefficient (Wildman–Crippen LogP) is 2.12. The predicted molar refractivity (Wildman–Crippen MR) is 118 cm³/mol. The molecule has 1 aliphatic heterocycles. The van der Waals surface area contributed by atoms with E-state index in [9.17, 15) is 29.3 Å². The maximum absolute atomic E-state index is 12.0. The summed E-state index contributed by atoms with van der Waals surface area (Å²) in [4.78, 5) is 58.1. The minimum atomic E-state index is -0.967. The second-order valence-corrected chi connectivity index (χ2v) is 8.70. The van der Waals surface area contributed by atoms with Gasteiger partial charge in [-0.2, -0.15) is 0 Å². The average molecular weight is 477 g/mol. The van der Waals surface area contributed by atoms with E-state index in [0.29, 0.717) is 6.42 Å². The van der Waals surface area contributed by atoms with Gasteiger partial charge in [-0.15, -0.1) is 0 Å².